The zero-order valence-corrected chi connectivity index (χ0v) is 10.8. The molecule has 17 heavy (non-hydrogen) atoms. The summed E-state index contributed by atoms with van der Waals surface area (Å²) in [6, 6.07) is 2.05. The normalized spacial score (nSPS) is 22.9. The lowest BCUT2D eigenvalue weighted by molar-refractivity contribution is 0.410. The summed E-state index contributed by atoms with van der Waals surface area (Å²) < 4.78 is 0. The molecule has 4 heteroatoms. The standard InChI is InChI=1S/C13H22N4/c1-3-10(8-14)13-15-6-4-12(16-13)11-5-7-17(2)9-11/h4,6,10-11H,3,5,7-9,14H2,1-2H3. The predicted molar refractivity (Wildman–Crippen MR) is 69.0 cm³/mol. The van der Waals surface area contributed by atoms with Crippen LogP contribution in [0, 0.1) is 0 Å². The maximum Gasteiger partial charge on any atom is 0.132 e. The fourth-order valence-electron chi connectivity index (χ4n) is 2.44. The molecule has 1 aromatic rings. The lowest BCUT2D eigenvalue weighted by atomic mass is 10.0. The van der Waals surface area contributed by atoms with Gasteiger partial charge in [0, 0.05) is 36.8 Å². The summed E-state index contributed by atoms with van der Waals surface area (Å²) in [6.07, 6.45) is 4.09. The van der Waals surface area contributed by atoms with E-state index < -0.39 is 0 Å². The van der Waals surface area contributed by atoms with Crippen molar-refractivity contribution in [2.75, 3.05) is 26.7 Å². The van der Waals surface area contributed by atoms with Gasteiger partial charge in [0.15, 0.2) is 0 Å². The molecule has 0 aliphatic carbocycles. The van der Waals surface area contributed by atoms with Crippen LogP contribution >= 0.6 is 0 Å². The monoisotopic (exact) mass is 234 g/mol. The third-order valence-corrected chi connectivity index (χ3v) is 3.65. The molecule has 94 valence electrons. The molecule has 2 heterocycles. The van der Waals surface area contributed by atoms with Crippen LogP contribution in [0.15, 0.2) is 12.3 Å². The van der Waals surface area contributed by atoms with Gasteiger partial charge >= 0.3 is 0 Å². The predicted octanol–water partition coefficient (Wildman–Crippen LogP) is 1.35. The van der Waals surface area contributed by atoms with Gasteiger partial charge in [0.25, 0.3) is 0 Å². The molecule has 1 aliphatic heterocycles. The van der Waals surface area contributed by atoms with E-state index in [1.807, 2.05) is 6.20 Å². The van der Waals surface area contributed by atoms with E-state index in [0.717, 1.165) is 25.3 Å². The number of nitrogens with two attached hydrogens (primary N) is 1. The van der Waals surface area contributed by atoms with Gasteiger partial charge in [-0.25, -0.2) is 9.97 Å². The number of rotatable bonds is 4. The number of aromatic nitrogens is 2. The zero-order valence-electron chi connectivity index (χ0n) is 10.8. The maximum absolute atomic E-state index is 5.75. The first kappa shape index (κ1) is 12.5. The molecule has 2 rings (SSSR count). The fourth-order valence-corrected chi connectivity index (χ4v) is 2.44. The largest absolute Gasteiger partial charge is 0.330 e. The molecular weight excluding hydrogens is 212 g/mol. The third-order valence-electron chi connectivity index (χ3n) is 3.65. The second kappa shape index (κ2) is 5.56. The van der Waals surface area contributed by atoms with Crippen molar-refractivity contribution in [2.24, 2.45) is 5.73 Å². The van der Waals surface area contributed by atoms with Gasteiger partial charge in [0.2, 0.25) is 0 Å². The number of nitrogens with zero attached hydrogens (tertiary/aromatic N) is 3. The van der Waals surface area contributed by atoms with Gasteiger partial charge in [-0.05, 0) is 32.5 Å². The second-order valence-corrected chi connectivity index (χ2v) is 4.93. The summed E-state index contributed by atoms with van der Waals surface area (Å²) in [7, 11) is 2.16. The Morgan fingerprint density at radius 1 is 1.59 bits per heavy atom. The highest BCUT2D eigenvalue weighted by molar-refractivity contribution is 5.13. The number of hydrogen-bond donors (Lipinski definition) is 1. The summed E-state index contributed by atoms with van der Waals surface area (Å²) in [5.74, 6) is 1.79. The van der Waals surface area contributed by atoms with E-state index >= 15 is 0 Å². The van der Waals surface area contributed by atoms with Crippen LogP contribution in [0.2, 0.25) is 0 Å². The van der Waals surface area contributed by atoms with Crippen molar-refractivity contribution >= 4 is 0 Å². The lowest BCUT2D eigenvalue weighted by Gasteiger charge is -2.14. The highest BCUT2D eigenvalue weighted by Gasteiger charge is 2.23. The first-order valence-corrected chi connectivity index (χ1v) is 6.46. The van der Waals surface area contributed by atoms with E-state index in [4.69, 9.17) is 10.7 Å². The zero-order chi connectivity index (χ0) is 12.3. The topological polar surface area (TPSA) is 55.0 Å². The van der Waals surface area contributed by atoms with E-state index in [0.29, 0.717) is 18.4 Å². The molecule has 2 N–H and O–H groups in total. The van der Waals surface area contributed by atoms with E-state index in [9.17, 15) is 0 Å². The fraction of sp³-hybridized carbons (Fsp3) is 0.692. The van der Waals surface area contributed by atoms with Crippen molar-refractivity contribution in [3.8, 4) is 0 Å². The smallest absolute Gasteiger partial charge is 0.132 e. The first-order chi connectivity index (χ1) is 8.24. The van der Waals surface area contributed by atoms with Crippen molar-refractivity contribution in [2.45, 2.75) is 31.6 Å². The Morgan fingerprint density at radius 2 is 2.41 bits per heavy atom. The SMILES string of the molecule is CCC(CN)c1nccc(C2CCN(C)C2)n1. The number of likely N-dealkylation sites (N-methyl/N-ethyl adjacent to an activating group) is 1. The van der Waals surface area contributed by atoms with Crippen molar-refractivity contribution in [1.82, 2.24) is 14.9 Å². The molecule has 0 bridgehead atoms. The maximum atomic E-state index is 5.75. The van der Waals surface area contributed by atoms with Gasteiger partial charge in [-0.15, -0.1) is 0 Å². The van der Waals surface area contributed by atoms with E-state index in [1.165, 1.54) is 12.1 Å². The van der Waals surface area contributed by atoms with Crippen molar-refractivity contribution in [1.29, 1.82) is 0 Å². The minimum atomic E-state index is 0.300. The van der Waals surface area contributed by atoms with Crippen molar-refractivity contribution < 1.29 is 0 Å². The van der Waals surface area contributed by atoms with Gasteiger partial charge in [-0.3, -0.25) is 0 Å². The first-order valence-electron chi connectivity index (χ1n) is 6.46. The molecular formula is C13H22N4. The van der Waals surface area contributed by atoms with Crippen LogP contribution in [0.1, 0.15) is 43.1 Å². The molecule has 1 aromatic heterocycles. The summed E-state index contributed by atoms with van der Waals surface area (Å²) >= 11 is 0. The minimum Gasteiger partial charge on any atom is -0.330 e. The molecule has 1 fully saturated rings. The van der Waals surface area contributed by atoms with Crippen LogP contribution in [0.4, 0.5) is 0 Å². The quantitative estimate of drug-likeness (QED) is 0.854. The van der Waals surface area contributed by atoms with Crippen LogP contribution in [-0.2, 0) is 0 Å². The molecule has 0 saturated carbocycles. The molecule has 0 spiro atoms. The highest BCUT2D eigenvalue weighted by Crippen LogP contribution is 2.25. The Bertz CT molecular complexity index is 362. The Hall–Kier alpha value is -1.00. The molecule has 2 atom stereocenters. The summed E-state index contributed by atoms with van der Waals surface area (Å²) in [4.78, 5) is 11.4. The molecule has 4 nitrogen and oxygen atoms in total. The van der Waals surface area contributed by atoms with Gasteiger partial charge in [0.05, 0.1) is 0 Å². The van der Waals surface area contributed by atoms with E-state index in [1.54, 1.807) is 0 Å². The van der Waals surface area contributed by atoms with Crippen LogP contribution in [0.25, 0.3) is 0 Å². The molecule has 1 saturated heterocycles. The Kier molecular flexibility index (Phi) is 4.07. The molecule has 2 unspecified atom stereocenters. The van der Waals surface area contributed by atoms with E-state index in [-0.39, 0.29) is 0 Å². The molecule has 0 amide bonds. The van der Waals surface area contributed by atoms with Gasteiger partial charge in [-0.1, -0.05) is 6.92 Å². The molecule has 0 radical (unpaired) electrons. The Labute approximate surface area is 103 Å². The van der Waals surface area contributed by atoms with Crippen LogP contribution in [0.3, 0.4) is 0 Å². The van der Waals surface area contributed by atoms with Crippen molar-refractivity contribution in [3.63, 3.8) is 0 Å². The molecule has 1 aliphatic rings. The Morgan fingerprint density at radius 3 is 3.00 bits per heavy atom. The van der Waals surface area contributed by atoms with Gasteiger partial charge in [0.1, 0.15) is 5.82 Å². The third kappa shape index (κ3) is 2.82. The summed E-state index contributed by atoms with van der Waals surface area (Å²) in [6.45, 7) is 5.04. The van der Waals surface area contributed by atoms with Crippen LogP contribution in [-0.4, -0.2) is 41.5 Å². The number of likely N-dealkylation sites (tertiary alicyclic amines) is 1. The number of hydrogen-bond acceptors (Lipinski definition) is 4. The minimum absolute atomic E-state index is 0.300. The second-order valence-electron chi connectivity index (χ2n) is 4.93. The van der Waals surface area contributed by atoms with Gasteiger partial charge < -0.3 is 10.6 Å². The van der Waals surface area contributed by atoms with Crippen LogP contribution in [0.5, 0.6) is 0 Å². The summed E-state index contributed by atoms with van der Waals surface area (Å²) in [5, 5.41) is 0. The Balaban J connectivity index is 2.16. The summed E-state index contributed by atoms with van der Waals surface area (Å²) in [5.41, 5.74) is 6.94. The van der Waals surface area contributed by atoms with Gasteiger partial charge in [-0.2, -0.15) is 0 Å². The van der Waals surface area contributed by atoms with Crippen molar-refractivity contribution in [3.05, 3.63) is 23.8 Å². The average molecular weight is 234 g/mol. The van der Waals surface area contributed by atoms with Crippen LogP contribution < -0.4 is 5.73 Å². The van der Waals surface area contributed by atoms with E-state index in [2.05, 4.69) is 29.9 Å². The lowest BCUT2D eigenvalue weighted by Crippen LogP contribution is -2.17. The molecule has 0 aromatic carbocycles. The highest BCUT2D eigenvalue weighted by atomic mass is 15.1. The average Bonchev–Trinajstić information content (AvgIpc) is 2.78.